The summed E-state index contributed by atoms with van der Waals surface area (Å²) in [5, 5.41) is 12.2. The van der Waals surface area contributed by atoms with Gasteiger partial charge in [0.1, 0.15) is 5.69 Å². The fraction of sp³-hybridized carbons (Fsp3) is 0.250. The van der Waals surface area contributed by atoms with Crippen LogP contribution in [0.4, 0.5) is 11.4 Å². The lowest BCUT2D eigenvalue weighted by Gasteiger charge is -2.13. The standard InChI is InChI=1S/C8H12N4O2/c1-11(2)10-9-7-5-3-4-6-8(7)12(13)14/h3-6,9-10H,1-2H3. The highest BCUT2D eigenvalue weighted by molar-refractivity contribution is 5.60. The van der Waals surface area contributed by atoms with Crippen molar-refractivity contribution >= 4 is 11.4 Å². The number of hydrazine groups is 2. The topological polar surface area (TPSA) is 70.4 Å². The van der Waals surface area contributed by atoms with E-state index in [1.54, 1.807) is 37.3 Å². The highest BCUT2D eigenvalue weighted by Crippen LogP contribution is 2.21. The van der Waals surface area contributed by atoms with E-state index in [0.717, 1.165) is 0 Å². The molecule has 0 aliphatic rings. The Morgan fingerprint density at radius 1 is 1.36 bits per heavy atom. The van der Waals surface area contributed by atoms with Crippen molar-refractivity contribution in [3.05, 3.63) is 34.4 Å². The summed E-state index contributed by atoms with van der Waals surface area (Å²) in [6.45, 7) is 0. The Kier molecular flexibility index (Phi) is 3.38. The van der Waals surface area contributed by atoms with Crippen LogP contribution in [-0.2, 0) is 0 Å². The number of nitro benzene ring substituents is 1. The average Bonchev–Trinajstić information content (AvgIpc) is 2.15. The summed E-state index contributed by atoms with van der Waals surface area (Å²) in [6, 6.07) is 6.43. The first-order valence-corrected chi connectivity index (χ1v) is 4.03. The molecule has 0 amide bonds. The van der Waals surface area contributed by atoms with Crippen LogP contribution in [0, 0.1) is 10.1 Å². The summed E-state index contributed by atoms with van der Waals surface area (Å²) >= 11 is 0. The molecule has 0 saturated heterocycles. The highest BCUT2D eigenvalue weighted by atomic mass is 16.6. The van der Waals surface area contributed by atoms with Gasteiger partial charge in [0, 0.05) is 20.2 Å². The third-order valence-corrected chi connectivity index (χ3v) is 1.51. The Labute approximate surface area is 81.6 Å². The molecule has 76 valence electrons. The Morgan fingerprint density at radius 3 is 2.57 bits per heavy atom. The summed E-state index contributed by atoms with van der Waals surface area (Å²) < 4.78 is 0. The molecule has 0 heterocycles. The lowest BCUT2D eigenvalue weighted by molar-refractivity contribution is -0.384. The molecular weight excluding hydrogens is 184 g/mol. The first kappa shape index (κ1) is 10.4. The third kappa shape index (κ3) is 2.68. The van der Waals surface area contributed by atoms with Crippen molar-refractivity contribution in [3.8, 4) is 0 Å². The van der Waals surface area contributed by atoms with Crippen molar-refractivity contribution in [2.75, 3.05) is 19.5 Å². The van der Waals surface area contributed by atoms with E-state index in [-0.39, 0.29) is 5.69 Å². The number of para-hydroxylation sites is 2. The van der Waals surface area contributed by atoms with Crippen LogP contribution in [0.3, 0.4) is 0 Å². The predicted molar refractivity (Wildman–Crippen MR) is 53.5 cm³/mol. The summed E-state index contributed by atoms with van der Waals surface area (Å²) in [5.41, 5.74) is 5.94. The first-order chi connectivity index (χ1) is 6.61. The molecule has 0 radical (unpaired) electrons. The third-order valence-electron chi connectivity index (χ3n) is 1.51. The number of nitrogens with zero attached hydrogens (tertiary/aromatic N) is 2. The van der Waals surface area contributed by atoms with Crippen molar-refractivity contribution in [2.45, 2.75) is 0 Å². The molecule has 6 nitrogen and oxygen atoms in total. The molecule has 0 saturated carbocycles. The number of nitrogens with one attached hydrogen (secondary N) is 2. The molecule has 0 aliphatic carbocycles. The van der Waals surface area contributed by atoms with E-state index in [9.17, 15) is 10.1 Å². The molecule has 1 aromatic carbocycles. The van der Waals surface area contributed by atoms with E-state index >= 15 is 0 Å². The van der Waals surface area contributed by atoms with Gasteiger partial charge in [-0.15, -0.1) is 0 Å². The van der Waals surface area contributed by atoms with Crippen molar-refractivity contribution in [3.63, 3.8) is 0 Å². The van der Waals surface area contributed by atoms with Gasteiger partial charge in [-0.3, -0.25) is 10.1 Å². The Hall–Kier alpha value is -1.66. The molecule has 1 rings (SSSR count). The Bertz CT molecular complexity index is 327. The Morgan fingerprint density at radius 2 is 2.00 bits per heavy atom. The van der Waals surface area contributed by atoms with Gasteiger partial charge in [-0.1, -0.05) is 12.1 Å². The van der Waals surface area contributed by atoms with Crippen LogP contribution in [0.5, 0.6) is 0 Å². The molecule has 2 N–H and O–H groups in total. The van der Waals surface area contributed by atoms with E-state index in [2.05, 4.69) is 11.0 Å². The lowest BCUT2D eigenvalue weighted by atomic mass is 10.3. The minimum atomic E-state index is -0.431. The Balaban J connectivity index is 2.79. The second kappa shape index (κ2) is 4.54. The highest BCUT2D eigenvalue weighted by Gasteiger charge is 2.11. The molecule has 0 aromatic heterocycles. The van der Waals surface area contributed by atoms with Crippen molar-refractivity contribution in [2.24, 2.45) is 0 Å². The molecule has 0 aliphatic heterocycles. The predicted octanol–water partition coefficient (Wildman–Crippen LogP) is 0.988. The van der Waals surface area contributed by atoms with E-state index in [1.807, 2.05) is 0 Å². The molecule has 0 spiro atoms. The lowest BCUT2D eigenvalue weighted by Crippen LogP contribution is -2.35. The normalized spacial score (nSPS) is 10.2. The van der Waals surface area contributed by atoms with E-state index < -0.39 is 4.92 Å². The van der Waals surface area contributed by atoms with Crippen LogP contribution in [-0.4, -0.2) is 24.0 Å². The van der Waals surface area contributed by atoms with Gasteiger partial charge in [0.25, 0.3) is 5.69 Å². The summed E-state index contributed by atoms with van der Waals surface area (Å²) in [5.74, 6) is 0. The van der Waals surface area contributed by atoms with Crippen LogP contribution in [0.1, 0.15) is 0 Å². The maximum absolute atomic E-state index is 10.6. The van der Waals surface area contributed by atoms with Gasteiger partial charge in [0.05, 0.1) is 4.92 Å². The molecule has 0 unspecified atom stereocenters. The van der Waals surface area contributed by atoms with Crippen LogP contribution in [0.2, 0.25) is 0 Å². The molecule has 0 atom stereocenters. The van der Waals surface area contributed by atoms with Crippen LogP contribution >= 0.6 is 0 Å². The zero-order valence-corrected chi connectivity index (χ0v) is 8.02. The number of hydrogen-bond donors (Lipinski definition) is 2. The zero-order chi connectivity index (χ0) is 10.6. The smallest absolute Gasteiger partial charge is 0.293 e. The molecule has 14 heavy (non-hydrogen) atoms. The maximum Gasteiger partial charge on any atom is 0.293 e. The summed E-state index contributed by atoms with van der Waals surface area (Å²) in [4.78, 5) is 10.2. The van der Waals surface area contributed by atoms with Crippen LogP contribution in [0.15, 0.2) is 24.3 Å². The second-order valence-electron chi connectivity index (χ2n) is 2.91. The van der Waals surface area contributed by atoms with Crippen LogP contribution in [0.25, 0.3) is 0 Å². The fourth-order valence-electron chi connectivity index (χ4n) is 0.911. The van der Waals surface area contributed by atoms with Gasteiger partial charge >= 0.3 is 0 Å². The number of hydrogen-bond acceptors (Lipinski definition) is 5. The molecule has 0 bridgehead atoms. The van der Waals surface area contributed by atoms with E-state index in [4.69, 9.17) is 0 Å². The SMILES string of the molecule is CN(C)NNc1ccccc1[N+](=O)[O-]. The number of anilines is 1. The van der Waals surface area contributed by atoms with Gasteiger partial charge in [0.15, 0.2) is 0 Å². The van der Waals surface area contributed by atoms with Gasteiger partial charge < -0.3 is 5.43 Å². The number of rotatable bonds is 4. The molecule has 0 fully saturated rings. The van der Waals surface area contributed by atoms with E-state index in [1.165, 1.54) is 6.07 Å². The summed E-state index contributed by atoms with van der Waals surface area (Å²) in [6.07, 6.45) is 0. The van der Waals surface area contributed by atoms with E-state index in [0.29, 0.717) is 5.69 Å². The molecule has 6 heteroatoms. The van der Waals surface area contributed by atoms with Crippen LogP contribution < -0.4 is 11.0 Å². The van der Waals surface area contributed by atoms with Gasteiger partial charge in [-0.05, 0) is 6.07 Å². The monoisotopic (exact) mass is 196 g/mol. The quantitative estimate of drug-likeness (QED) is 0.555. The van der Waals surface area contributed by atoms with Crippen molar-refractivity contribution in [1.29, 1.82) is 0 Å². The molecule has 1 aromatic rings. The first-order valence-electron chi connectivity index (χ1n) is 4.03. The summed E-state index contributed by atoms with van der Waals surface area (Å²) in [7, 11) is 3.56. The van der Waals surface area contributed by atoms with Gasteiger partial charge in [-0.25, -0.2) is 5.01 Å². The second-order valence-corrected chi connectivity index (χ2v) is 2.91. The van der Waals surface area contributed by atoms with Crippen molar-refractivity contribution < 1.29 is 4.92 Å². The minimum absolute atomic E-state index is 0.0434. The molecular formula is C8H12N4O2. The largest absolute Gasteiger partial charge is 0.302 e. The minimum Gasteiger partial charge on any atom is -0.302 e. The maximum atomic E-state index is 10.6. The van der Waals surface area contributed by atoms with Gasteiger partial charge in [-0.2, -0.15) is 5.53 Å². The zero-order valence-electron chi connectivity index (χ0n) is 8.02. The number of benzene rings is 1. The average molecular weight is 196 g/mol. The van der Waals surface area contributed by atoms with Gasteiger partial charge in [0.2, 0.25) is 0 Å². The number of nitro groups is 1. The fourth-order valence-corrected chi connectivity index (χ4v) is 0.911. The van der Waals surface area contributed by atoms with Crippen molar-refractivity contribution in [1.82, 2.24) is 10.5 Å².